The van der Waals surface area contributed by atoms with Gasteiger partial charge in [0.2, 0.25) is 0 Å². The van der Waals surface area contributed by atoms with Gasteiger partial charge in [0.15, 0.2) is 6.29 Å². The Morgan fingerprint density at radius 3 is 1.93 bits per heavy atom. The van der Waals surface area contributed by atoms with Gasteiger partial charge in [0.1, 0.15) is 6.10 Å². The number of hydrogen-bond acceptors (Lipinski definition) is 4. The second-order valence-corrected chi connectivity index (χ2v) is 5.10. The van der Waals surface area contributed by atoms with Crippen molar-refractivity contribution in [1.29, 1.82) is 0 Å². The van der Waals surface area contributed by atoms with E-state index in [9.17, 15) is 15.3 Å². The maximum absolute atomic E-state index is 9.82. The molecule has 5 unspecified atom stereocenters. The van der Waals surface area contributed by atoms with Crippen molar-refractivity contribution in [2.45, 2.75) is 52.3 Å². The Morgan fingerprint density at radius 2 is 1.50 bits per heavy atom. The zero-order chi connectivity index (χ0) is 11.1. The third kappa shape index (κ3) is 2.08. The molecule has 0 bridgehead atoms. The summed E-state index contributed by atoms with van der Waals surface area (Å²) in [5, 5.41) is 29.1. The first-order chi connectivity index (χ1) is 6.25. The lowest BCUT2D eigenvalue weighted by Crippen LogP contribution is -2.57. The summed E-state index contributed by atoms with van der Waals surface area (Å²) in [5.41, 5.74) is -0.306. The van der Waals surface area contributed by atoms with Crippen LogP contribution in [0.5, 0.6) is 0 Å². The van der Waals surface area contributed by atoms with E-state index in [1.807, 2.05) is 20.8 Å². The number of rotatable bonds is 0. The molecule has 1 aliphatic rings. The number of hydrogen-bond donors (Lipinski definition) is 3. The fraction of sp³-hybridized carbons (Fsp3) is 1.00. The fourth-order valence-electron chi connectivity index (χ4n) is 1.98. The van der Waals surface area contributed by atoms with Crippen molar-refractivity contribution in [2.24, 2.45) is 11.3 Å². The van der Waals surface area contributed by atoms with E-state index in [1.54, 1.807) is 6.92 Å². The minimum absolute atomic E-state index is 0.306. The minimum atomic E-state index is -1.01. The molecule has 3 N–H and O–H groups in total. The van der Waals surface area contributed by atoms with E-state index in [0.717, 1.165) is 0 Å². The van der Waals surface area contributed by atoms with E-state index in [4.69, 9.17) is 4.74 Å². The van der Waals surface area contributed by atoms with E-state index >= 15 is 0 Å². The van der Waals surface area contributed by atoms with Gasteiger partial charge in [0.25, 0.3) is 0 Å². The smallest absolute Gasteiger partial charge is 0.160 e. The van der Waals surface area contributed by atoms with Crippen LogP contribution >= 0.6 is 0 Å². The normalized spacial score (nSPS) is 45.2. The van der Waals surface area contributed by atoms with E-state index < -0.39 is 30.5 Å². The van der Waals surface area contributed by atoms with Gasteiger partial charge < -0.3 is 20.1 Å². The highest BCUT2D eigenvalue weighted by molar-refractivity contribution is 4.92. The van der Waals surface area contributed by atoms with Gasteiger partial charge in [-0.25, -0.2) is 0 Å². The third-order valence-electron chi connectivity index (χ3n) is 2.86. The minimum Gasteiger partial charge on any atom is -0.390 e. The van der Waals surface area contributed by atoms with E-state index in [2.05, 4.69) is 0 Å². The Bertz CT molecular complexity index is 199. The van der Waals surface area contributed by atoms with Gasteiger partial charge >= 0.3 is 0 Å². The van der Waals surface area contributed by atoms with E-state index in [0.29, 0.717) is 0 Å². The number of aliphatic hydroxyl groups excluding tert-OH is 3. The van der Waals surface area contributed by atoms with Crippen LogP contribution in [0.15, 0.2) is 0 Å². The zero-order valence-electron chi connectivity index (χ0n) is 9.14. The summed E-state index contributed by atoms with van der Waals surface area (Å²) in [6, 6.07) is 0. The maximum Gasteiger partial charge on any atom is 0.160 e. The van der Waals surface area contributed by atoms with Crippen molar-refractivity contribution >= 4 is 0 Å². The van der Waals surface area contributed by atoms with Gasteiger partial charge in [-0.2, -0.15) is 0 Å². The Hall–Kier alpha value is -0.160. The first-order valence-corrected chi connectivity index (χ1v) is 4.95. The van der Waals surface area contributed by atoms with Gasteiger partial charge in [-0.1, -0.05) is 20.8 Å². The molecule has 0 amide bonds. The monoisotopic (exact) mass is 204 g/mol. The van der Waals surface area contributed by atoms with Crippen LogP contribution in [0, 0.1) is 11.3 Å². The Morgan fingerprint density at radius 1 is 1.00 bits per heavy atom. The lowest BCUT2D eigenvalue weighted by atomic mass is 9.73. The van der Waals surface area contributed by atoms with Crippen molar-refractivity contribution < 1.29 is 20.1 Å². The predicted molar refractivity (Wildman–Crippen MR) is 51.5 cm³/mol. The zero-order valence-corrected chi connectivity index (χ0v) is 9.14. The quantitative estimate of drug-likeness (QED) is 0.523. The molecule has 5 atom stereocenters. The molecule has 0 aromatic heterocycles. The maximum atomic E-state index is 9.82. The lowest BCUT2D eigenvalue weighted by molar-refractivity contribution is -0.277. The molecule has 0 radical (unpaired) electrons. The van der Waals surface area contributed by atoms with Gasteiger partial charge in [0, 0.05) is 5.92 Å². The summed E-state index contributed by atoms with van der Waals surface area (Å²) in [4.78, 5) is 0. The van der Waals surface area contributed by atoms with Gasteiger partial charge in [-0.3, -0.25) is 0 Å². The summed E-state index contributed by atoms with van der Waals surface area (Å²) in [5.74, 6) is -0.464. The molecule has 0 aliphatic carbocycles. The summed E-state index contributed by atoms with van der Waals surface area (Å²) < 4.78 is 5.15. The van der Waals surface area contributed by atoms with Crippen LogP contribution in [-0.4, -0.2) is 39.9 Å². The third-order valence-corrected chi connectivity index (χ3v) is 2.86. The molecule has 4 nitrogen and oxygen atoms in total. The standard InChI is InChI=1S/C10H20O4/c1-5-7(11)8(12)6(9(13)14-5)10(2,3)4/h5-9,11-13H,1-4H3. The Balaban J connectivity index is 2.85. The highest BCUT2D eigenvalue weighted by atomic mass is 16.6. The molecular weight excluding hydrogens is 184 g/mol. The predicted octanol–water partition coefficient (Wildman–Crippen LogP) is 0.108. The van der Waals surface area contributed by atoms with Crippen LogP contribution in [0.3, 0.4) is 0 Å². The fourth-order valence-corrected chi connectivity index (χ4v) is 1.98. The van der Waals surface area contributed by atoms with Crippen LogP contribution < -0.4 is 0 Å². The molecule has 4 heteroatoms. The Labute approximate surface area is 84.5 Å². The summed E-state index contributed by atoms with van der Waals surface area (Å²) in [7, 11) is 0. The van der Waals surface area contributed by atoms with E-state index in [-0.39, 0.29) is 5.41 Å². The second-order valence-electron chi connectivity index (χ2n) is 5.10. The number of ether oxygens (including phenoxy) is 1. The average molecular weight is 204 g/mol. The van der Waals surface area contributed by atoms with Crippen LogP contribution in [0.25, 0.3) is 0 Å². The van der Waals surface area contributed by atoms with Gasteiger partial charge in [-0.05, 0) is 12.3 Å². The first-order valence-electron chi connectivity index (χ1n) is 4.95. The van der Waals surface area contributed by atoms with Gasteiger partial charge in [-0.15, -0.1) is 0 Å². The average Bonchev–Trinajstić information content (AvgIpc) is 1.97. The van der Waals surface area contributed by atoms with E-state index in [1.165, 1.54) is 0 Å². The highest BCUT2D eigenvalue weighted by Crippen LogP contribution is 2.37. The van der Waals surface area contributed by atoms with Crippen LogP contribution in [0.1, 0.15) is 27.7 Å². The second kappa shape index (κ2) is 3.77. The summed E-state index contributed by atoms with van der Waals surface area (Å²) >= 11 is 0. The SMILES string of the molecule is CC1OC(O)C(C(C)(C)C)C(O)C1O. The molecule has 1 fully saturated rings. The molecule has 1 aliphatic heterocycles. The van der Waals surface area contributed by atoms with Crippen molar-refractivity contribution in [1.82, 2.24) is 0 Å². The highest BCUT2D eigenvalue weighted by Gasteiger charge is 2.47. The number of aliphatic hydroxyl groups is 3. The van der Waals surface area contributed by atoms with Crippen LogP contribution in [0.4, 0.5) is 0 Å². The molecular formula is C10H20O4. The van der Waals surface area contributed by atoms with Gasteiger partial charge in [0.05, 0.1) is 12.2 Å². The topological polar surface area (TPSA) is 69.9 Å². The Kier molecular flexibility index (Phi) is 3.21. The largest absolute Gasteiger partial charge is 0.390 e. The van der Waals surface area contributed by atoms with Crippen molar-refractivity contribution in [3.8, 4) is 0 Å². The molecule has 1 rings (SSSR count). The first kappa shape index (κ1) is 11.9. The molecule has 0 saturated carbocycles. The molecule has 0 spiro atoms. The summed E-state index contributed by atoms with van der Waals surface area (Å²) in [6.07, 6.45) is -3.40. The summed E-state index contributed by atoms with van der Waals surface area (Å²) in [6.45, 7) is 7.33. The van der Waals surface area contributed by atoms with Crippen LogP contribution in [-0.2, 0) is 4.74 Å². The van der Waals surface area contributed by atoms with Crippen LogP contribution in [0.2, 0.25) is 0 Å². The molecule has 1 saturated heterocycles. The van der Waals surface area contributed by atoms with Crippen molar-refractivity contribution in [3.63, 3.8) is 0 Å². The molecule has 84 valence electrons. The molecule has 1 heterocycles. The van der Waals surface area contributed by atoms with Crippen molar-refractivity contribution in [2.75, 3.05) is 0 Å². The molecule has 0 aromatic rings. The molecule has 14 heavy (non-hydrogen) atoms. The van der Waals surface area contributed by atoms with Crippen molar-refractivity contribution in [3.05, 3.63) is 0 Å². The lowest BCUT2D eigenvalue weighted by Gasteiger charge is -2.45. The molecule has 0 aromatic carbocycles.